The smallest absolute Gasteiger partial charge is 0.339 e. The highest BCUT2D eigenvalue weighted by Gasteiger charge is 2.64. The molecule has 0 aliphatic carbocycles. The molecule has 2 bridgehead atoms. The Balaban J connectivity index is 2.76. The van der Waals surface area contributed by atoms with Crippen molar-refractivity contribution in [2.75, 3.05) is 28.4 Å². The van der Waals surface area contributed by atoms with Crippen LogP contribution in [0.5, 0.6) is 0 Å². The van der Waals surface area contributed by atoms with Crippen molar-refractivity contribution in [1.82, 2.24) is 0 Å². The summed E-state index contributed by atoms with van der Waals surface area (Å²) in [5, 5.41) is 0. The third kappa shape index (κ3) is 2.19. The number of carbonyl (C=O) groups is 4. The van der Waals surface area contributed by atoms with Gasteiger partial charge in [0.05, 0.1) is 39.6 Å². The summed E-state index contributed by atoms with van der Waals surface area (Å²) in [7, 11) is 4.26. The van der Waals surface area contributed by atoms with E-state index >= 15 is 0 Å². The van der Waals surface area contributed by atoms with Crippen LogP contribution in [-0.2, 0) is 42.9 Å². The van der Waals surface area contributed by atoms with Crippen molar-refractivity contribution in [3.63, 3.8) is 0 Å². The number of esters is 4. The molecule has 0 amide bonds. The first kappa shape index (κ1) is 17.6. The maximum Gasteiger partial charge on any atom is 0.339 e. The zero-order valence-electron chi connectivity index (χ0n) is 13.3. The quantitative estimate of drug-likeness (QED) is 0.466. The molecule has 0 atom stereocenters. The van der Waals surface area contributed by atoms with Crippen LogP contribution in [0.4, 0.5) is 0 Å². The number of hydrogen-bond acceptors (Lipinski definition) is 10. The summed E-state index contributed by atoms with van der Waals surface area (Å²) in [6.45, 7) is 0. The van der Waals surface area contributed by atoms with Crippen LogP contribution in [0.25, 0.3) is 0 Å². The molecule has 0 fully saturated rings. The van der Waals surface area contributed by atoms with E-state index in [4.69, 9.17) is 10.5 Å². The van der Waals surface area contributed by atoms with Crippen LogP contribution >= 0.6 is 0 Å². The maximum atomic E-state index is 12.1. The summed E-state index contributed by atoms with van der Waals surface area (Å²) in [5.74, 6) is -3.94. The van der Waals surface area contributed by atoms with Gasteiger partial charge >= 0.3 is 23.9 Å². The Morgan fingerprint density at radius 2 is 1.12 bits per heavy atom. The lowest BCUT2D eigenvalue weighted by Crippen LogP contribution is -2.48. The summed E-state index contributed by atoms with van der Waals surface area (Å²) in [6.07, 6.45) is -1.42. The molecule has 2 aliphatic heterocycles. The van der Waals surface area contributed by atoms with Gasteiger partial charge in [-0.25, -0.2) is 19.2 Å². The molecule has 130 valence electrons. The standard InChI is InChI=1S/C14H15NO9/c1-20-10(16)5-7(12(18)22-3)14(15)8(13(19)23-4)6(9(5)24-14)11(17)21-2/h9H,15H2,1-4H3. The first-order chi connectivity index (χ1) is 11.3. The van der Waals surface area contributed by atoms with Gasteiger partial charge in [0, 0.05) is 0 Å². The van der Waals surface area contributed by atoms with E-state index in [9.17, 15) is 19.2 Å². The second-order valence-corrected chi connectivity index (χ2v) is 4.78. The molecule has 0 radical (unpaired) electrons. The van der Waals surface area contributed by atoms with Crippen molar-refractivity contribution in [2.45, 2.75) is 11.8 Å². The number of fused-ring (bicyclic) bond motifs is 2. The molecule has 0 aromatic heterocycles. The highest BCUT2D eigenvalue weighted by molar-refractivity contribution is 6.14. The molecule has 2 N–H and O–H groups in total. The van der Waals surface area contributed by atoms with Gasteiger partial charge in [-0.3, -0.25) is 5.73 Å². The predicted octanol–water partition coefficient (Wildman–Crippen LogP) is -1.66. The second-order valence-electron chi connectivity index (χ2n) is 4.78. The highest BCUT2D eigenvalue weighted by Crippen LogP contribution is 2.49. The monoisotopic (exact) mass is 341 g/mol. The molecule has 10 heteroatoms. The molecule has 2 heterocycles. The van der Waals surface area contributed by atoms with Crippen molar-refractivity contribution >= 4 is 23.9 Å². The van der Waals surface area contributed by atoms with Crippen LogP contribution < -0.4 is 5.73 Å². The fraction of sp³-hybridized carbons (Fsp3) is 0.429. The minimum absolute atomic E-state index is 0.333. The Labute approximate surface area is 136 Å². The lowest BCUT2D eigenvalue weighted by Gasteiger charge is -2.25. The highest BCUT2D eigenvalue weighted by atomic mass is 16.6. The molecule has 24 heavy (non-hydrogen) atoms. The summed E-state index contributed by atoms with van der Waals surface area (Å²) in [4.78, 5) is 48.3. The van der Waals surface area contributed by atoms with Crippen LogP contribution in [0, 0.1) is 0 Å². The van der Waals surface area contributed by atoms with Gasteiger partial charge in [0.2, 0.25) is 0 Å². The topological polar surface area (TPSA) is 140 Å². The second kappa shape index (κ2) is 6.06. The Morgan fingerprint density at radius 3 is 1.42 bits per heavy atom. The largest absolute Gasteiger partial charge is 0.466 e. The number of carbonyl (C=O) groups excluding carboxylic acids is 4. The molecule has 0 aromatic carbocycles. The van der Waals surface area contributed by atoms with Crippen molar-refractivity contribution < 1.29 is 42.9 Å². The van der Waals surface area contributed by atoms with Gasteiger partial charge in [-0.05, 0) is 0 Å². The van der Waals surface area contributed by atoms with Crippen molar-refractivity contribution in [3.8, 4) is 0 Å². The molecule has 2 rings (SSSR count). The van der Waals surface area contributed by atoms with Crippen LogP contribution in [0.2, 0.25) is 0 Å². The van der Waals surface area contributed by atoms with E-state index in [1.807, 2.05) is 0 Å². The molecule has 0 unspecified atom stereocenters. The van der Waals surface area contributed by atoms with E-state index in [2.05, 4.69) is 18.9 Å². The number of nitrogens with two attached hydrogens (primary N) is 1. The third-order valence-corrected chi connectivity index (χ3v) is 3.70. The van der Waals surface area contributed by atoms with Gasteiger partial charge in [-0.15, -0.1) is 0 Å². The van der Waals surface area contributed by atoms with Crippen molar-refractivity contribution in [3.05, 3.63) is 22.3 Å². The van der Waals surface area contributed by atoms with Gasteiger partial charge in [0.15, 0.2) is 5.72 Å². The molecule has 0 aromatic rings. The number of methoxy groups -OCH3 is 4. The van der Waals surface area contributed by atoms with Gasteiger partial charge < -0.3 is 23.7 Å². The van der Waals surface area contributed by atoms with E-state index in [0.29, 0.717) is 0 Å². The normalized spacial score (nSPS) is 24.8. The number of hydrogen-bond donors (Lipinski definition) is 1. The van der Waals surface area contributed by atoms with Gasteiger partial charge in [0.25, 0.3) is 0 Å². The molecule has 0 saturated carbocycles. The first-order valence-corrected chi connectivity index (χ1v) is 6.57. The van der Waals surface area contributed by atoms with Crippen molar-refractivity contribution in [2.24, 2.45) is 5.73 Å². The fourth-order valence-corrected chi connectivity index (χ4v) is 2.72. The lowest BCUT2D eigenvalue weighted by atomic mass is 9.82. The van der Waals surface area contributed by atoms with Crippen LogP contribution in [-0.4, -0.2) is 64.1 Å². The molecule has 2 aliphatic rings. The summed E-state index contributed by atoms with van der Waals surface area (Å²) >= 11 is 0. The maximum absolute atomic E-state index is 12.1. The Hall–Kier alpha value is -2.72. The number of rotatable bonds is 4. The molecular formula is C14H15NO9. The van der Waals surface area contributed by atoms with Crippen LogP contribution in [0.3, 0.4) is 0 Å². The number of ether oxygens (including phenoxy) is 5. The SMILES string of the molecule is COC(=O)C1=C(C(=O)OC)C2(N)OC1C(C(=O)OC)=C2C(=O)OC. The van der Waals surface area contributed by atoms with E-state index in [1.165, 1.54) is 0 Å². The minimum Gasteiger partial charge on any atom is -0.466 e. The summed E-state index contributed by atoms with van der Waals surface area (Å²) in [5.41, 5.74) is 2.32. The van der Waals surface area contributed by atoms with Crippen molar-refractivity contribution in [1.29, 1.82) is 0 Å². The van der Waals surface area contributed by atoms with Gasteiger partial charge in [0.1, 0.15) is 17.3 Å². The molecule has 0 saturated heterocycles. The minimum atomic E-state index is -2.20. The summed E-state index contributed by atoms with van der Waals surface area (Å²) in [6, 6.07) is 0. The average molecular weight is 341 g/mol. The Morgan fingerprint density at radius 1 is 0.792 bits per heavy atom. The summed E-state index contributed by atoms with van der Waals surface area (Å²) < 4.78 is 23.9. The van der Waals surface area contributed by atoms with Gasteiger partial charge in [-0.1, -0.05) is 0 Å². The average Bonchev–Trinajstić information content (AvgIpc) is 3.06. The molecule has 0 spiro atoms. The molecule has 10 nitrogen and oxygen atoms in total. The first-order valence-electron chi connectivity index (χ1n) is 6.57. The van der Waals surface area contributed by atoms with Crippen LogP contribution in [0.15, 0.2) is 22.3 Å². The van der Waals surface area contributed by atoms with Gasteiger partial charge in [-0.2, -0.15) is 0 Å². The lowest BCUT2D eigenvalue weighted by molar-refractivity contribution is -0.141. The zero-order chi connectivity index (χ0) is 18.2. The third-order valence-electron chi connectivity index (χ3n) is 3.70. The van der Waals surface area contributed by atoms with E-state index in [1.54, 1.807) is 0 Å². The zero-order valence-corrected chi connectivity index (χ0v) is 13.3. The van der Waals surface area contributed by atoms with Crippen LogP contribution in [0.1, 0.15) is 0 Å². The Bertz CT molecular complexity index is 649. The molecular weight excluding hydrogens is 326 g/mol. The van der Waals surface area contributed by atoms with E-state index in [0.717, 1.165) is 28.4 Å². The fourth-order valence-electron chi connectivity index (χ4n) is 2.72. The van der Waals surface area contributed by atoms with E-state index in [-0.39, 0.29) is 11.1 Å². The predicted molar refractivity (Wildman–Crippen MR) is 73.9 cm³/mol. The van der Waals surface area contributed by atoms with E-state index < -0.39 is 46.9 Å². The Kier molecular flexibility index (Phi) is 4.45.